The van der Waals surface area contributed by atoms with Gasteiger partial charge in [-0.3, -0.25) is 0 Å². The number of aliphatic hydroxyl groups is 3. The molecule has 1 aromatic rings. The normalized spacial score (nSPS) is 14.6. The van der Waals surface area contributed by atoms with Gasteiger partial charge in [0.1, 0.15) is 6.10 Å². The van der Waals surface area contributed by atoms with E-state index in [4.69, 9.17) is 20.1 Å². The second-order valence-electron chi connectivity index (χ2n) is 5.09. The average Bonchev–Trinajstić information content (AvgIpc) is 2.52. The lowest BCUT2D eigenvalue weighted by molar-refractivity contribution is -0.443. The van der Waals surface area contributed by atoms with Crippen molar-refractivity contribution in [2.45, 2.75) is 37.5 Å². The molecule has 0 aliphatic carbocycles. The predicted molar refractivity (Wildman–Crippen MR) is 71.0 cm³/mol. The van der Waals surface area contributed by atoms with Crippen molar-refractivity contribution in [3.63, 3.8) is 0 Å². The molecule has 0 aliphatic heterocycles. The molecule has 0 radical (unpaired) electrons. The monoisotopic (exact) mass is 378 g/mol. The highest BCUT2D eigenvalue weighted by molar-refractivity contribution is 5.22. The number of benzene rings is 1. The lowest BCUT2D eigenvalue weighted by atomic mass is 10.1. The second-order valence-corrected chi connectivity index (χ2v) is 5.09. The maximum Gasteiger partial charge on any atom is 0.428 e. The van der Waals surface area contributed by atoms with Crippen LogP contribution in [0.5, 0.6) is 0 Å². The third-order valence-electron chi connectivity index (χ3n) is 2.94. The molecule has 1 atom stereocenters. The number of rotatable bonds is 10. The number of aliphatic hydroxyl groups excluding tert-OH is 2. The van der Waals surface area contributed by atoms with E-state index in [1.54, 1.807) is 0 Å². The molecule has 0 heterocycles. The molecule has 1 rings (SSSR count). The minimum atomic E-state index is -6.11. The summed E-state index contributed by atoms with van der Waals surface area (Å²) >= 11 is 0. The first-order valence-corrected chi connectivity index (χ1v) is 6.85. The molecule has 3 N–H and O–H groups in total. The minimum absolute atomic E-state index is 0.0412. The van der Waals surface area contributed by atoms with Gasteiger partial charge in [-0.15, -0.1) is 0 Å². The van der Waals surface area contributed by atoms with Crippen LogP contribution in [0, 0.1) is 0 Å². The Morgan fingerprint density at radius 2 is 1.56 bits per heavy atom. The quantitative estimate of drug-likeness (QED) is 0.542. The van der Waals surface area contributed by atoms with Gasteiger partial charge >= 0.3 is 18.1 Å². The van der Waals surface area contributed by atoms with Crippen LogP contribution in [0.1, 0.15) is 11.1 Å². The Morgan fingerprint density at radius 1 is 1.00 bits per heavy atom. The molecule has 1 aromatic carbocycles. The van der Waals surface area contributed by atoms with E-state index in [-0.39, 0.29) is 18.8 Å². The van der Waals surface area contributed by atoms with Gasteiger partial charge in [-0.25, -0.2) is 0 Å². The lowest BCUT2D eigenvalue weighted by Crippen LogP contribution is -2.55. The van der Waals surface area contributed by atoms with Crippen molar-refractivity contribution in [2.24, 2.45) is 0 Å². The summed E-state index contributed by atoms with van der Waals surface area (Å²) in [4.78, 5) is 0. The summed E-state index contributed by atoms with van der Waals surface area (Å²) in [7, 11) is 0. The standard InChI is InChI=1S/C14H16F6O5/c15-12(16,13(17,18)23)14(19,20)25-7-10-3-1-2-9(4-10)6-24-8-11(22)5-21/h1-4,11,21-23H,5-8H2. The van der Waals surface area contributed by atoms with E-state index >= 15 is 0 Å². The van der Waals surface area contributed by atoms with Crippen molar-refractivity contribution < 1.29 is 51.1 Å². The van der Waals surface area contributed by atoms with Gasteiger partial charge in [0.25, 0.3) is 0 Å². The van der Waals surface area contributed by atoms with Crippen molar-refractivity contribution in [1.29, 1.82) is 0 Å². The number of hydrogen-bond acceptors (Lipinski definition) is 5. The van der Waals surface area contributed by atoms with E-state index in [1.807, 2.05) is 0 Å². The topological polar surface area (TPSA) is 79.2 Å². The molecule has 0 spiro atoms. The van der Waals surface area contributed by atoms with Crippen LogP contribution in [0.25, 0.3) is 0 Å². The summed E-state index contributed by atoms with van der Waals surface area (Å²) in [5.74, 6) is -6.11. The van der Waals surface area contributed by atoms with Crippen molar-refractivity contribution in [3.8, 4) is 0 Å². The Hall–Kier alpha value is -1.40. The third-order valence-corrected chi connectivity index (χ3v) is 2.94. The predicted octanol–water partition coefficient (Wildman–Crippen LogP) is 1.89. The van der Waals surface area contributed by atoms with Gasteiger partial charge in [-0.2, -0.15) is 26.3 Å². The fourth-order valence-corrected chi connectivity index (χ4v) is 1.61. The molecule has 0 saturated heterocycles. The zero-order valence-corrected chi connectivity index (χ0v) is 12.6. The van der Waals surface area contributed by atoms with Gasteiger partial charge in [-0.1, -0.05) is 24.3 Å². The van der Waals surface area contributed by atoms with E-state index in [1.165, 1.54) is 24.3 Å². The molecule has 25 heavy (non-hydrogen) atoms. The molecule has 0 bridgehead atoms. The van der Waals surface area contributed by atoms with Crippen molar-refractivity contribution in [2.75, 3.05) is 13.2 Å². The van der Waals surface area contributed by atoms with Crippen LogP contribution in [-0.2, 0) is 22.7 Å². The fourth-order valence-electron chi connectivity index (χ4n) is 1.61. The molecule has 5 nitrogen and oxygen atoms in total. The number of ether oxygens (including phenoxy) is 2. The summed E-state index contributed by atoms with van der Waals surface area (Å²) in [6.45, 7) is -1.95. The first-order valence-electron chi connectivity index (χ1n) is 6.85. The van der Waals surface area contributed by atoms with Crippen LogP contribution in [0.4, 0.5) is 26.3 Å². The smallest absolute Gasteiger partial charge is 0.394 e. The van der Waals surface area contributed by atoms with Gasteiger partial charge in [0.05, 0.1) is 26.4 Å². The number of halogens is 6. The summed E-state index contributed by atoms with van der Waals surface area (Å²) in [5, 5.41) is 25.6. The van der Waals surface area contributed by atoms with Gasteiger partial charge in [0, 0.05) is 0 Å². The number of hydrogen-bond donors (Lipinski definition) is 3. The summed E-state index contributed by atoms with van der Waals surface area (Å²) < 4.78 is 84.9. The van der Waals surface area contributed by atoms with E-state index in [9.17, 15) is 26.3 Å². The van der Waals surface area contributed by atoms with E-state index < -0.39 is 37.5 Å². The minimum Gasteiger partial charge on any atom is -0.394 e. The van der Waals surface area contributed by atoms with Crippen LogP contribution in [0.15, 0.2) is 24.3 Å². The highest BCUT2D eigenvalue weighted by Gasteiger charge is 2.73. The van der Waals surface area contributed by atoms with Gasteiger partial charge in [-0.05, 0) is 11.1 Å². The summed E-state index contributed by atoms with van der Waals surface area (Å²) in [5.41, 5.74) is 0.356. The Kier molecular flexibility index (Phi) is 7.20. The Morgan fingerprint density at radius 3 is 2.08 bits per heavy atom. The van der Waals surface area contributed by atoms with Crippen molar-refractivity contribution in [3.05, 3.63) is 35.4 Å². The number of alkyl halides is 6. The molecule has 11 heteroatoms. The van der Waals surface area contributed by atoms with Crippen LogP contribution < -0.4 is 0 Å². The van der Waals surface area contributed by atoms with Gasteiger partial charge < -0.3 is 24.8 Å². The molecule has 0 amide bonds. The van der Waals surface area contributed by atoms with Gasteiger partial charge in [0.2, 0.25) is 0 Å². The highest BCUT2D eigenvalue weighted by atomic mass is 19.4. The zero-order valence-electron chi connectivity index (χ0n) is 12.6. The van der Waals surface area contributed by atoms with Crippen LogP contribution in [0.3, 0.4) is 0 Å². The molecular weight excluding hydrogens is 362 g/mol. The first-order chi connectivity index (χ1) is 11.4. The zero-order chi connectivity index (χ0) is 19.3. The maximum absolute atomic E-state index is 13.1. The Labute approximate surface area is 138 Å². The fraction of sp³-hybridized carbons (Fsp3) is 0.571. The van der Waals surface area contributed by atoms with Crippen LogP contribution in [0.2, 0.25) is 0 Å². The molecule has 0 aliphatic rings. The first kappa shape index (κ1) is 21.6. The highest BCUT2D eigenvalue weighted by Crippen LogP contribution is 2.45. The molecule has 0 aromatic heterocycles. The largest absolute Gasteiger partial charge is 0.428 e. The Balaban J connectivity index is 2.67. The van der Waals surface area contributed by atoms with Crippen molar-refractivity contribution >= 4 is 0 Å². The van der Waals surface area contributed by atoms with E-state index in [2.05, 4.69) is 4.74 Å². The van der Waals surface area contributed by atoms with Crippen molar-refractivity contribution in [1.82, 2.24) is 0 Å². The summed E-state index contributed by atoms with van der Waals surface area (Å²) in [6, 6.07) is 5.30. The average molecular weight is 378 g/mol. The van der Waals surface area contributed by atoms with E-state index in [0.29, 0.717) is 5.56 Å². The van der Waals surface area contributed by atoms with Crippen LogP contribution >= 0.6 is 0 Å². The van der Waals surface area contributed by atoms with E-state index in [0.717, 1.165) is 0 Å². The molecule has 1 unspecified atom stereocenters. The molecule has 0 saturated carbocycles. The molecule has 144 valence electrons. The second kappa shape index (κ2) is 8.32. The van der Waals surface area contributed by atoms with Gasteiger partial charge in [0.15, 0.2) is 0 Å². The van der Waals surface area contributed by atoms with Crippen LogP contribution in [-0.4, -0.2) is 52.8 Å². The third kappa shape index (κ3) is 5.82. The Bertz CT molecular complexity index is 549. The molecule has 0 fully saturated rings. The lowest BCUT2D eigenvalue weighted by Gasteiger charge is -2.28. The maximum atomic E-state index is 13.1. The SMILES string of the molecule is OCC(O)COCc1cccc(COC(F)(F)C(F)(F)C(O)(F)F)c1. The molecular formula is C14H16F6O5. The summed E-state index contributed by atoms with van der Waals surface area (Å²) in [6.07, 6.45) is -12.7.